The number of nitriles is 1. The maximum atomic E-state index is 13.9. The molecular weight excluding hydrogens is 440 g/mol. The number of piperidine rings is 1. The van der Waals surface area contributed by atoms with E-state index in [1.54, 1.807) is 38.1 Å². The number of hydrogen-bond donors (Lipinski definition) is 1. The van der Waals surface area contributed by atoms with Crippen molar-refractivity contribution in [3.8, 4) is 11.8 Å². The molecule has 0 saturated carbocycles. The molecule has 1 saturated heterocycles. The van der Waals surface area contributed by atoms with Gasteiger partial charge in [-0.05, 0) is 50.2 Å². The van der Waals surface area contributed by atoms with E-state index in [9.17, 15) is 18.8 Å². The number of carbonyl (C=O) groups excluding carboxylic acids is 1. The van der Waals surface area contributed by atoms with Gasteiger partial charge in [-0.15, -0.1) is 0 Å². The molecule has 9 heteroatoms. The summed E-state index contributed by atoms with van der Waals surface area (Å²) in [7, 11) is 0. The van der Waals surface area contributed by atoms with Crippen LogP contribution in [0.15, 0.2) is 42.5 Å². The van der Waals surface area contributed by atoms with E-state index in [2.05, 4.69) is 26.3 Å². The molecule has 1 aromatic heterocycles. The molecule has 7 nitrogen and oxygen atoms in total. The van der Waals surface area contributed by atoms with Crippen LogP contribution in [-0.2, 0) is 0 Å². The molecule has 34 heavy (non-hydrogen) atoms. The molecule has 1 amide bonds. The smallest absolute Gasteiger partial charge is 0.274 e. The second-order valence-electron chi connectivity index (χ2n) is 8.12. The SMILES string of the molecule is Cc1cc(C(=O)Nc2cc(C#N)ccc2N2CCC(Oc3ccc(F)cc3F)CC2)nc(C)n1. The van der Waals surface area contributed by atoms with Crippen molar-refractivity contribution >= 4 is 17.3 Å². The van der Waals surface area contributed by atoms with E-state index in [4.69, 9.17) is 4.74 Å². The third kappa shape index (κ3) is 5.29. The summed E-state index contributed by atoms with van der Waals surface area (Å²) < 4.78 is 32.8. The highest BCUT2D eigenvalue weighted by Crippen LogP contribution is 2.31. The normalized spacial score (nSPS) is 13.9. The molecule has 4 rings (SSSR count). The number of carbonyl (C=O) groups is 1. The molecule has 0 bridgehead atoms. The Morgan fingerprint density at radius 2 is 1.88 bits per heavy atom. The first-order valence-electron chi connectivity index (χ1n) is 10.9. The van der Waals surface area contributed by atoms with Gasteiger partial charge in [0.05, 0.1) is 23.0 Å². The number of anilines is 2. The Hall–Kier alpha value is -4.06. The second kappa shape index (κ2) is 9.83. The van der Waals surface area contributed by atoms with E-state index in [1.807, 2.05) is 0 Å². The molecule has 1 aliphatic rings. The van der Waals surface area contributed by atoms with Gasteiger partial charge in [-0.25, -0.2) is 18.7 Å². The third-order valence-electron chi connectivity index (χ3n) is 5.54. The molecule has 1 aliphatic heterocycles. The largest absolute Gasteiger partial charge is 0.487 e. The molecule has 0 radical (unpaired) electrons. The number of nitrogens with one attached hydrogen (secondary N) is 1. The number of amides is 1. The van der Waals surface area contributed by atoms with Gasteiger partial charge in [-0.3, -0.25) is 4.79 Å². The van der Waals surface area contributed by atoms with Gasteiger partial charge in [-0.1, -0.05) is 0 Å². The Bertz CT molecular complexity index is 1250. The van der Waals surface area contributed by atoms with Crippen LogP contribution in [0.2, 0.25) is 0 Å². The lowest BCUT2D eigenvalue weighted by Crippen LogP contribution is -2.38. The number of ether oxygens (including phenoxy) is 1. The lowest BCUT2D eigenvalue weighted by atomic mass is 10.1. The van der Waals surface area contributed by atoms with Crippen LogP contribution in [0.1, 0.15) is 40.4 Å². The summed E-state index contributed by atoms with van der Waals surface area (Å²) in [5, 5.41) is 12.2. The number of aryl methyl sites for hydroxylation is 2. The van der Waals surface area contributed by atoms with Crippen molar-refractivity contribution in [1.29, 1.82) is 5.26 Å². The highest BCUT2D eigenvalue weighted by molar-refractivity contribution is 6.05. The Morgan fingerprint density at radius 3 is 2.56 bits per heavy atom. The predicted octanol–water partition coefficient (Wildman–Crippen LogP) is 4.54. The Kier molecular flexibility index (Phi) is 6.68. The van der Waals surface area contributed by atoms with E-state index in [1.165, 1.54) is 12.1 Å². The molecule has 174 valence electrons. The van der Waals surface area contributed by atoms with Crippen molar-refractivity contribution in [2.24, 2.45) is 0 Å². The molecule has 0 aliphatic carbocycles. The lowest BCUT2D eigenvalue weighted by molar-refractivity contribution is 0.102. The van der Waals surface area contributed by atoms with Crippen LogP contribution in [0.25, 0.3) is 0 Å². The zero-order chi connectivity index (χ0) is 24.2. The quantitative estimate of drug-likeness (QED) is 0.597. The Morgan fingerprint density at radius 1 is 1.12 bits per heavy atom. The summed E-state index contributed by atoms with van der Waals surface area (Å²) in [5.74, 6) is -1.25. The number of benzene rings is 2. The fraction of sp³-hybridized carbons (Fsp3) is 0.280. The minimum Gasteiger partial charge on any atom is -0.487 e. The number of aromatic nitrogens is 2. The first-order chi connectivity index (χ1) is 16.3. The van der Waals surface area contributed by atoms with E-state index in [0.717, 1.165) is 11.8 Å². The average Bonchev–Trinajstić information content (AvgIpc) is 2.81. The zero-order valence-electron chi connectivity index (χ0n) is 18.8. The summed E-state index contributed by atoms with van der Waals surface area (Å²) >= 11 is 0. The molecule has 0 atom stereocenters. The molecular formula is C25H23F2N5O2. The fourth-order valence-electron chi connectivity index (χ4n) is 3.97. The summed E-state index contributed by atoms with van der Waals surface area (Å²) in [6.45, 7) is 4.69. The maximum Gasteiger partial charge on any atom is 0.274 e. The lowest BCUT2D eigenvalue weighted by Gasteiger charge is -2.34. The minimum atomic E-state index is -0.727. The van der Waals surface area contributed by atoms with Crippen LogP contribution < -0.4 is 15.0 Å². The van der Waals surface area contributed by atoms with Crippen LogP contribution >= 0.6 is 0 Å². The molecule has 1 N–H and O–H groups in total. The first-order valence-corrected chi connectivity index (χ1v) is 10.9. The van der Waals surface area contributed by atoms with Crippen molar-refractivity contribution in [2.75, 3.05) is 23.3 Å². The van der Waals surface area contributed by atoms with Gasteiger partial charge in [0.2, 0.25) is 0 Å². The van der Waals surface area contributed by atoms with Crippen molar-refractivity contribution in [1.82, 2.24) is 9.97 Å². The summed E-state index contributed by atoms with van der Waals surface area (Å²) in [6.07, 6.45) is 0.989. The van der Waals surface area contributed by atoms with Gasteiger partial charge < -0.3 is 15.0 Å². The standard InChI is InChI=1S/C25H23F2N5O2/c1-15-11-22(30-16(2)29-15)25(33)31-21-12-17(14-28)3-5-23(21)32-9-7-19(8-10-32)34-24-6-4-18(26)13-20(24)27/h3-6,11-13,19H,7-10H2,1-2H3,(H,31,33). The van der Waals surface area contributed by atoms with E-state index >= 15 is 0 Å². The van der Waals surface area contributed by atoms with Gasteiger partial charge in [0, 0.05) is 37.7 Å². The van der Waals surface area contributed by atoms with Crippen molar-refractivity contribution in [3.63, 3.8) is 0 Å². The van der Waals surface area contributed by atoms with Gasteiger partial charge in [-0.2, -0.15) is 5.26 Å². The maximum absolute atomic E-state index is 13.9. The van der Waals surface area contributed by atoms with Gasteiger partial charge in [0.15, 0.2) is 11.6 Å². The van der Waals surface area contributed by atoms with Crippen LogP contribution in [0.5, 0.6) is 5.75 Å². The number of hydrogen-bond acceptors (Lipinski definition) is 6. The molecule has 3 aromatic rings. The topological polar surface area (TPSA) is 91.1 Å². The highest BCUT2D eigenvalue weighted by Gasteiger charge is 2.24. The average molecular weight is 463 g/mol. The minimum absolute atomic E-state index is 0.0293. The van der Waals surface area contributed by atoms with E-state index in [-0.39, 0.29) is 17.5 Å². The number of nitrogens with zero attached hydrogens (tertiary/aromatic N) is 4. The summed E-state index contributed by atoms with van der Waals surface area (Å²) in [6, 6.07) is 12.1. The van der Waals surface area contributed by atoms with Crippen LogP contribution in [0, 0.1) is 36.8 Å². The first kappa shape index (κ1) is 23.1. The molecule has 2 aromatic carbocycles. The Balaban J connectivity index is 1.49. The molecule has 2 heterocycles. The molecule has 0 unspecified atom stereocenters. The van der Waals surface area contributed by atoms with Crippen LogP contribution in [0.4, 0.5) is 20.2 Å². The molecule has 0 spiro atoms. The van der Waals surface area contributed by atoms with Gasteiger partial charge in [0.1, 0.15) is 23.4 Å². The van der Waals surface area contributed by atoms with Crippen LogP contribution in [-0.4, -0.2) is 35.1 Å². The summed E-state index contributed by atoms with van der Waals surface area (Å²) in [5.41, 5.74) is 2.61. The second-order valence-corrected chi connectivity index (χ2v) is 8.12. The Labute approximate surface area is 196 Å². The summed E-state index contributed by atoms with van der Waals surface area (Å²) in [4.78, 5) is 23.4. The van der Waals surface area contributed by atoms with E-state index < -0.39 is 17.5 Å². The monoisotopic (exact) mass is 463 g/mol. The predicted molar refractivity (Wildman–Crippen MR) is 123 cm³/mol. The number of halogens is 2. The van der Waals surface area contributed by atoms with Gasteiger partial charge in [0.25, 0.3) is 5.91 Å². The zero-order valence-corrected chi connectivity index (χ0v) is 18.8. The van der Waals surface area contributed by atoms with Crippen molar-refractivity contribution < 1.29 is 18.3 Å². The fourth-order valence-corrected chi connectivity index (χ4v) is 3.97. The third-order valence-corrected chi connectivity index (χ3v) is 5.54. The van der Waals surface area contributed by atoms with Gasteiger partial charge >= 0.3 is 0 Å². The number of rotatable bonds is 5. The highest BCUT2D eigenvalue weighted by atomic mass is 19.1. The molecule has 1 fully saturated rings. The van der Waals surface area contributed by atoms with Crippen molar-refractivity contribution in [3.05, 3.63) is 76.9 Å². The van der Waals surface area contributed by atoms with Crippen LogP contribution in [0.3, 0.4) is 0 Å². The van der Waals surface area contributed by atoms with Crippen molar-refractivity contribution in [2.45, 2.75) is 32.8 Å². The van der Waals surface area contributed by atoms with E-state index in [0.29, 0.717) is 48.7 Å².